The molecule has 3 aliphatic heterocycles. The highest BCUT2D eigenvalue weighted by Crippen LogP contribution is 2.31. The van der Waals surface area contributed by atoms with Crippen LogP contribution in [0, 0.1) is 0 Å². The Labute approximate surface area is 89.2 Å². The molecular formula is C11H16N2O2. The van der Waals surface area contributed by atoms with E-state index < -0.39 is 0 Å². The summed E-state index contributed by atoms with van der Waals surface area (Å²) in [6, 6.07) is -0.243. The normalized spacial score (nSPS) is 35.5. The van der Waals surface area contributed by atoms with Crippen molar-refractivity contribution in [2.75, 3.05) is 13.1 Å². The Morgan fingerprint density at radius 1 is 0.800 bits per heavy atom. The van der Waals surface area contributed by atoms with Crippen molar-refractivity contribution in [3.05, 3.63) is 0 Å². The summed E-state index contributed by atoms with van der Waals surface area (Å²) < 4.78 is 0. The molecule has 0 spiro atoms. The van der Waals surface area contributed by atoms with E-state index >= 15 is 0 Å². The molecule has 3 heterocycles. The molecule has 0 aromatic heterocycles. The van der Waals surface area contributed by atoms with E-state index in [9.17, 15) is 9.59 Å². The summed E-state index contributed by atoms with van der Waals surface area (Å²) in [6.07, 6.45) is 4.87. The number of carbonyl (C=O) groups excluding carboxylic acids is 2. The van der Waals surface area contributed by atoms with Crippen LogP contribution in [0.2, 0.25) is 0 Å². The van der Waals surface area contributed by atoms with E-state index in [0.29, 0.717) is 0 Å². The second-order valence-corrected chi connectivity index (χ2v) is 4.73. The van der Waals surface area contributed by atoms with Crippen LogP contribution < -0.4 is 0 Å². The Hall–Kier alpha value is -1.06. The van der Waals surface area contributed by atoms with Gasteiger partial charge in [0.1, 0.15) is 12.1 Å². The van der Waals surface area contributed by atoms with E-state index in [4.69, 9.17) is 0 Å². The van der Waals surface area contributed by atoms with Gasteiger partial charge in [-0.15, -0.1) is 0 Å². The van der Waals surface area contributed by atoms with Gasteiger partial charge >= 0.3 is 0 Å². The Morgan fingerprint density at radius 2 is 1.33 bits per heavy atom. The summed E-state index contributed by atoms with van der Waals surface area (Å²) in [7, 11) is 0. The molecule has 0 radical (unpaired) electrons. The first-order chi connectivity index (χ1) is 7.29. The molecule has 0 aromatic rings. The summed E-state index contributed by atoms with van der Waals surface area (Å²) in [5, 5.41) is 0. The summed E-state index contributed by atoms with van der Waals surface area (Å²) in [5.74, 6) is 0.411. The minimum Gasteiger partial charge on any atom is -0.329 e. The Kier molecular flexibility index (Phi) is 1.97. The van der Waals surface area contributed by atoms with Gasteiger partial charge < -0.3 is 9.80 Å². The molecule has 0 bridgehead atoms. The molecule has 2 atom stereocenters. The molecule has 0 aliphatic carbocycles. The Balaban J connectivity index is 1.92. The van der Waals surface area contributed by atoms with Crippen LogP contribution in [-0.4, -0.2) is 46.8 Å². The molecule has 4 heteroatoms. The molecule has 0 saturated carbocycles. The van der Waals surface area contributed by atoms with Crippen LogP contribution in [0.3, 0.4) is 0 Å². The average Bonchev–Trinajstić information content (AvgIpc) is 2.75. The highest BCUT2D eigenvalue weighted by Gasteiger charge is 2.47. The molecular weight excluding hydrogens is 192 g/mol. The van der Waals surface area contributed by atoms with Crippen molar-refractivity contribution in [1.82, 2.24) is 9.80 Å². The van der Waals surface area contributed by atoms with Gasteiger partial charge in [0.15, 0.2) is 0 Å². The second kappa shape index (κ2) is 3.22. The number of fused-ring (bicyclic) bond motifs is 2. The third kappa shape index (κ3) is 1.20. The van der Waals surface area contributed by atoms with Gasteiger partial charge in [-0.2, -0.15) is 0 Å². The maximum atomic E-state index is 12.1. The van der Waals surface area contributed by atoms with Crippen molar-refractivity contribution >= 4 is 11.8 Å². The summed E-state index contributed by atoms with van der Waals surface area (Å²) >= 11 is 0. The van der Waals surface area contributed by atoms with Crippen molar-refractivity contribution in [2.45, 2.75) is 44.2 Å². The average molecular weight is 208 g/mol. The summed E-state index contributed by atoms with van der Waals surface area (Å²) in [4.78, 5) is 27.9. The number of carbonyl (C=O) groups is 2. The Bertz CT molecular complexity index is 286. The molecule has 3 rings (SSSR count). The van der Waals surface area contributed by atoms with Crippen LogP contribution in [-0.2, 0) is 9.59 Å². The standard InChI is InChI=1S/C11H16N2O2/c14-10-8-4-1-2-6-12(8)11(15)9-5-3-7-13(9)10/h8-9H,1-7H2/t8-,9+/m1/s1. The lowest BCUT2D eigenvalue weighted by Crippen LogP contribution is -2.63. The van der Waals surface area contributed by atoms with E-state index in [1.54, 1.807) is 0 Å². The van der Waals surface area contributed by atoms with Gasteiger partial charge in [0.05, 0.1) is 0 Å². The van der Waals surface area contributed by atoms with Gasteiger partial charge in [0.2, 0.25) is 11.8 Å². The molecule has 2 amide bonds. The van der Waals surface area contributed by atoms with Crippen LogP contribution in [0.4, 0.5) is 0 Å². The predicted octanol–water partition coefficient (Wildman–Crippen LogP) is 0.372. The first-order valence-corrected chi connectivity index (χ1v) is 5.90. The lowest BCUT2D eigenvalue weighted by Gasteiger charge is -2.44. The topological polar surface area (TPSA) is 40.6 Å². The van der Waals surface area contributed by atoms with E-state index in [1.165, 1.54) is 0 Å². The molecule has 82 valence electrons. The maximum absolute atomic E-state index is 12.1. The number of piperidine rings is 1. The molecule has 0 N–H and O–H groups in total. The number of hydrogen-bond acceptors (Lipinski definition) is 2. The zero-order valence-corrected chi connectivity index (χ0v) is 8.82. The van der Waals surface area contributed by atoms with Gasteiger partial charge in [-0.3, -0.25) is 9.59 Å². The monoisotopic (exact) mass is 208 g/mol. The van der Waals surface area contributed by atoms with Gasteiger partial charge in [0.25, 0.3) is 0 Å². The lowest BCUT2D eigenvalue weighted by molar-refractivity contribution is -0.161. The molecule has 15 heavy (non-hydrogen) atoms. The highest BCUT2D eigenvalue weighted by molar-refractivity contribution is 5.97. The minimum atomic E-state index is -0.124. The first kappa shape index (κ1) is 9.19. The molecule has 3 fully saturated rings. The van der Waals surface area contributed by atoms with Crippen LogP contribution in [0.1, 0.15) is 32.1 Å². The minimum absolute atomic E-state index is 0.119. The van der Waals surface area contributed by atoms with E-state index in [1.807, 2.05) is 9.80 Å². The van der Waals surface area contributed by atoms with E-state index in [0.717, 1.165) is 45.2 Å². The van der Waals surface area contributed by atoms with Crippen molar-refractivity contribution in [3.63, 3.8) is 0 Å². The number of rotatable bonds is 0. The number of amides is 2. The van der Waals surface area contributed by atoms with Crippen LogP contribution in [0.5, 0.6) is 0 Å². The van der Waals surface area contributed by atoms with Gasteiger partial charge in [0, 0.05) is 13.1 Å². The number of piperazine rings is 1. The van der Waals surface area contributed by atoms with Crippen LogP contribution >= 0.6 is 0 Å². The summed E-state index contributed by atoms with van der Waals surface area (Å²) in [5.41, 5.74) is 0. The molecule has 3 aliphatic rings. The zero-order chi connectivity index (χ0) is 10.4. The van der Waals surface area contributed by atoms with Crippen LogP contribution in [0.25, 0.3) is 0 Å². The molecule has 0 aromatic carbocycles. The quantitative estimate of drug-likeness (QED) is 0.577. The van der Waals surface area contributed by atoms with E-state index in [2.05, 4.69) is 0 Å². The van der Waals surface area contributed by atoms with Gasteiger partial charge in [-0.05, 0) is 32.1 Å². The van der Waals surface area contributed by atoms with E-state index in [-0.39, 0.29) is 23.9 Å². The SMILES string of the molecule is O=C1[C@@H]2CCCN2C(=O)[C@H]2CCCCN12. The molecule has 0 unspecified atom stereocenters. The zero-order valence-electron chi connectivity index (χ0n) is 8.82. The predicted molar refractivity (Wildman–Crippen MR) is 54.1 cm³/mol. The van der Waals surface area contributed by atoms with Crippen molar-refractivity contribution < 1.29 is 9.59 Å². The lowest BCUT2D eigenvalue weighted by atomic mass is 9.96. The third-order valence-corrected chi connectivity index (χ3v) is 3.89. The summed E-state index contributed by atoms with van der Waals surface area (Å²) in [6.45, 7) is 1.58. The first-order valence-electron chi connectivity index (χ1n) is 5.90. The number of hydrogen-bond donors (Lipinski definition) is 0. The second-order valence-electron chi connectivity index (χ2n) is 4.73. The van der Waals surface area contributed by atoms with Crippen molar-refractivity contribution in [1.29, 1.82) is 0 Å². The smallest absolute Gasteiger partial charge is 0.246 e. The Morgan fingerprint density at radius 3 is 2.00 bits per heavy atom. The fraction of sp³-hybridized carbons (Fsp3) is 0.818. The van der Waals surface area contributed by atoms with Gasteiger partial charge in [-0.1, -0.05) is 0 Å². The van der Waals surface area contributed by atoms with Gasteiger partial charge in [-0.25, -0.2) is 0 Å². The number of nitrogens with zero attached hydrogens (tertiary/aromatic N) is 2. The molecule has 3 saturated heterocycles. The fourth-order valence-corrected chi connectivity index (χ4v) is 3.12. The van der Waals surface area contributed by atoms with Crippen molar-refractivity contribution in [2.24, 2.45) is 0 Å². The van der Waals surface area contributed by atoms with Crippen LogP contribution in [0.15, 0.2) is 0 Å². The highest BCUT2D eigenvalue weighted by atomic mass is 16.2. The molecule has 4 nitrogen and oxygen atoms in total. The fourth-order valence-electron chi connectivity index (χ4n) is 3.12. The third-order valence-electron chi connectivity index (χ3n) is 3.89. The van der Waals surface area contributed by atoms with Crippen molar-refractivity contribution in [3.8, 4) is 0 Å². The maximum Gasteiger partial charge on any atom is 0.246 e. The largest absolute Gasteiger partial charge is 0.329 e.